The molecule has 0 saturated carbocycles. The Morgan fingerprint density at radius 1 is 0.684 bits per heavy atom. The molecule has 1 aromatic heterocycles. The standard InChI is InChI=1S/C40H67N9O8/c1-22(2)15-28(35(51)47-31(40(56)57)18-25(7)8)44-36(52)32-11-9-13-48(32)39(55)30(17-24(5)6)46-37(53)33-12-10-14-49(33)38(54)29(16-23(3)4)45-34(50)27(41)19-26-20-42-21-43-26/h20-25,27-33H,9-19,41H2,1-8H3,(H,42,43)(H,44,52)(H,45,50)(H,46,53)(H,47,51)(H,56,57)/t27-,28-,29-,30-,31-,32-,33-/m0/s1. The number of rotatable bonds is 21. The second-order valence-electron chi connectivity index (χ2n) is 17.4. The number of nitrogens with two attached hydrogens (primary N) is 1. The van der Waals surface area contributed by atoms with Crippen molar-refractivity contribution in [3.63, 3.8) is 0 Å². The third-order valence-electron chi connectivity index (χ3n) is 10.3. The second-order valence-corrected chi connectivity index (χ2v) is 17.4. The van der Waals surface area contributed by atoms with Crippen LogP contribution in [0.25, 0.3) is 0 Å². The van der Waals surface area contributed by atoms with E-state index in [4.69, 9.17) is 5.73 Å². The lowest BCUT2D eigenvalue weighted by Crippen LogP contribution is -2.59. The van der Waals surface area contributed by atoms with Crippen molar-refractivity contribution in [2.45, 2.75) is 155 Å². The van der Waals surface area contributed by atoms with Crippen LogP contribution in [0.5, 0.6) is 0 Å². The van der Waals surface area contributed by atoms with Crippen LogP contribution < -0.4 is 27.0 Å². The van der Waals surface area contributed by atoms with Crippen molar-refractivity contribution in [2.24, 2.45) is 29.4 Å². The van der Waals surface area contributed by atoms with E-state index >= 15 is 0 Å². The molecule has 2 aliphatic heterocycles. The number of carbonyl (C=O) groups excluding carboxylic acids is 6. The Bertz CT molecular complexity index is 1530. The van der Waals surface area contributed by atoms with Crippen LogP contribution in [0.15, 0.2) is 12.5 Å². The first-order chi connectivity index (χ1) is 26.8. The quantitative estimate of drug-likeness (QED) is 0.0943. The fourth-order valence-corrected chi connectivity index (χ4v) is 7.60. The number of aliphatic carboxylic acids is 1. The second kappa shape index (κ2) is 21.8. The van der Waals surface area contributed by atoms with Crippen LogP contribution in [0.1, 0.15) is 112 Å². The lowest BCUT2D eigenvalue weighted by molar-refractivity contribution is -0.145. The molecule has 2 aliphatic rings. The number of aromatic nitrogens is 2. The molecule has 0 spiro atoms. The number of amides is 6. The van der Waals surface area contributed by atoms with Crippen LogP contribution in [0.3, 0.4) is 0 Å². The van der Waals surface area contributed by atoms with E-state index in [-0.39, 0.29) is 55.9 Å². The lowest BCUT2D eigenvalue weighted by Gasteiger charge is -2.33. The topological polar surface area (TPSA) is 249 Å². The van der Waals surface area contributed by atoms with Gasteiger partial charge in [-0.3, -0.25) is 28.8 Å². The number of hydrogen-bond acceptors (Lipinski definition) is 9. The Morgan fingerprint density at radius 3 is 1.54 bits per heavy atom. The maximum absolute atomic E-state index is 14.3. The van der Waals surface area contributed by atoms with Gasteiger partial charge in [-0.25, -0.2) is 9.78 Å². The Morgan fingerprint density at radius 2 is 1.11 bits per heavy atom. The number of hydrogen-bond donors (Lipinski definition) is 7. The summed E-state index contributed by atoms with van der Waals surface area (Å²) >= 11 is 0. The van der Waals surface area contributed by atoms with Crippen LogP contribution in [-0.4, -0.2) is 122 Å². The average Bonchev–Trinajstić information content (AvgIpc) is 3.92. The minimum atomic E-state index is -1.16. The van der Waals surface area contributed by atoms with Gasteiger partial charge in [-0.2, -0.15) is 0 Å². The zero-order valence-corrected chi connectivity index (χ0v) is 35.0. The summed E-state index contributed by atoms with van der Waals surface area (Å²) in [5.41, 5.74) is 6.85. The Hall–Kier alpha value is -4.54. The molecule has 2 fully saturated rings. The van der Waals surface area contributed by atoms with Crippen LogP contribution in [-0.2, 0) is 40.0 Å². The van der Waals surface area contributed by atoms with Gasteiger partial charge in [0.2, 0.25) is 35.4 Å². The molecule has 320 valence electrons. The smallest absolute Gasteiger partial charge is 0.326 e. The summed E-state index contributed by atoms with van der Waals surface area (Å²) in [4.78, 5) is 104. The highest BCUT2D eigenvalue weighted by molar-refractivity contribution is 5.97. The molecule has 7 atom stereocenters. The van der Waals surface area contributed by atoms with Crippen LogP contribution >= 0.6 is 0 Å². The van der Waals surface area contributed by atoms with Crippen LogP contribution in [0.2, 0.25) is 0 Å². The molecular weight excluding hydrogens is 734 g/mol. The predicted octanol–water partition coefficient (Wildman–Crippen LogP) is 1.47. The number of H-pyrrole nitrogens is 1. The van der Waals surface area contributed by atoms with Gasteiger partial charge in [0.25, 0.3) is 0 Å². The fraction of sp³-hybridized carbons (Fsp3) is 0.750. The third-order valence-corrected chi connectivity index (χ3v) is 10.3. The fourth-order valence-electron chi connectivity index (χ4n) is 7.60. The first kappa shape index (κ1) is 46.8. The molecule has 3 heterocycles. The molecule has 8 N–H and O–H groups in total. The van der Waals surface area contributed by atoms with E-state index < -0.39 is 83.7 Å². The van der Waals surface area contributed by atoms with Gasteiger partial charge in [-0.1, -0.05) is 55.4 Å². The molecule has 0 aliphatic carbocycles. The molecular formula is C40H67N9O8. The summed E-state index contributed by atoms with van der Waals surface area (Å²) < 4.78 is 0. The van der Waals surface area contributed by atoms with Crippen LogP contribution in [0.4, 0.5) is 0 Å². The summed E-state index contributed by atoms with van der Waals surface area (Å²) in [6.07, 6.45) is 6.16. The summed E-state index contributed by atoms with van der Waals surface area (Å²) in [5.74, 6) is -4.09. The highest BCUT2D eigenvalue weighted by Gasteiger charge is 2.42. The maximum atomic E-state index is 14.3. The zero-order chi connectivity index (χ0) is 42.6. The molecule has 1 aromatic rings. The van der Waals surface area contributed by atoms with E-state index in [1.165, 1.54) is 16.1 Å². The molecule has 0 unspecified atom stereocenters. The predicted molar refractivity (Wildman–Crippen MR) is 213 cm³/mol. The van der Waals surface area contributed by atoms with Crippen molar-refractivity contribution in [3.8, 4) is 0 Å². The lowest BCUT2D eigenvalue weighted by atomic mass is 9.99. The largest absolute Gasteiger partial charge is 0.480 e. The summed E-state index contributed by atoms with van der Waals surface area (Å²) in [6.45, 7) is 15.8. The van der Waals surface area contributed by atoms with Crippen molar-refractivity contribution in [1.82, 2.24) is 41.0 Å². The van der Waals surface area contributed by atoms with Crippen LogP contribution in [0, 0.1) is 23.7 Å². The number of aromatic amines is 1. The number of imidazole rings is 1. The van der Waals surface area contributed by atoms with Crippen molar-refractivity contribution >= 4 is 41.4 Å². The van der Waals surface area contributed by atoms with Gasteiger partial charge < -0.3 is 46.9 Å². The first-order valence-electron chi connectivity index (χ1n) is 20.6. The first-order valence-corrected chi connectivity index (χ1v) is 20.6. The van der Waals surface area contributed by atoms with Gasteiger partial charge in [-0.05, 0) is 75.0 Å². The van der Waals surface area contributed by atoms with Crippen molar-refractivity contribution in [1.29, 1.82) is 0 Å². The number of nitrogens with zero attached hydrogens (tertiary/aromatic N) is 3. The van der Waals surface area contributed by atoms with Gasteiger partial charge in [0, 0.05) is 31.4 Å². The molecule has 17 heteroatoms. The summed E-state index contributed by atoms with van der Waals surface area (Å²) in [5, 5.41) is 20.8. The Kier molecular flexibility index (Phi) is 17.9. The van der Waals surface area contributed by atoms with E-state index in [0.717, 1.165) is 0 Å². The van der Waals surface area contributed by atoms with Gasteiger partial charge >= 0.3 is 5.97 Å². The number of nitrogens with one attached hydrogen (secondary N) is 5. The minimum absolute atomic E-state index is 0.00884. The molecule has 0 radical (unpaired) electrons. The highest BCUT2D eigenvalue weighted by Crippen LogP contribution is 2.24. The van der Waals surface area contributed by atoms with Gasteiger partial charge in [0.05, 0.1) is 12.4 Å². The highest BCUT2D eigenvalue weighted by atomic mass is 16.4. The molecule has 17 nitrogen and oxygen atoms in total. The van der Waals surface area contributed by atoms with Gasteiger partial charge in [0.1, 0.15) is 36.3 Å². The molecule has 57 heavy (non-hydrogen) atoms. The normalized spacial score (nSPS) is 19.7. The van der Waals surface area contributed by atoms with Crippen molar-refractivity contribution in [3.05, 3.63) is 18.2 Å². The average molecular weight is 802 g/mol. The molecule has 0 bridgehead atoms. The Balaban J connectivity index is 1.74. The third kappa shape index (κ3) is 14.1. The monoisotopic (exact) mass is 802 g/mol. The number of carbonyl (C=O) groups is 7. The van der Waals surface area contributed by atoms with E-state index in [9.17, 15) is 38.7 Å². The zero-order valence-electron chi connectivity index (χ0n) is 35.0. The van der Waals surface area contributed by atoms with Crippen molar-refractivity contribution in [2.75, 3.05) is 13.1 Å². The minimum Gasteiger partial charge on any atom is -0.480 e. The molecule has 2 saturated heterocycles. The van der Waals surface area contributed by atoms with E-state index in [1.54, 1.807) is 6.20 Å². The molecule has 6 amide bonds. The number of carboxylic acid groups (broad SMARTS) is 1. The SMILES string of the molecule is CC(C)C[C@H](NC(=O)[C@H](CC(C)C)NC(=O)[C@@H]1CCCN1C(=O)[C@H](CC(C)C)NC(=O)[C@@H]1CCCN1C(=O)[C@H](CC(C)C)NC(=O)[C@@H](N)Cc1cnc[nH]1)C(=O)O. The van der Waals surface area contributed by atoms with E-state index in [0.29, 0.717) is 44.3 Å². The van der Waals surface area contributed by atoms with Gasteiger partial charge in [0.15, 0.2) is 0 Å². The summed E-state index contributed by atoms with van der Waals surface area (Å²) in [7, 11) is 0. The maximum Gasteiger partial charge on any atom is 0.326 e. The van der Waals surface area contributed by atoms with Gasteiger partial charge in [-0.15, -0.1) is 0 Å². The van der Waals surface area contributed by atoms with E-state index in [1.807, 2.05) is 55.4 Å². The Labute approximate surface area is 336 Å². The van der Waals surface area contributed by atoms with Crippen molar-refractivity contribution < 1.29 is 38.7 Å². The molecule has 3 rings (SSSR count). The molecule has 0 aromatic carbocycles. The van der Waals surface area contributed by atoms with E-state index in [2.05, 4.69) is 31.2 Å². The number of likely N-dealkylation sites (tertiary alicyclic amines) is 2. The number of carboxylic acids is 1. The summed E-state index contributed by atoms with van der Waals surface area (Å²) in [6, 6.07) is -6.74.